The van der Waals surface area contributed by atoms with Crippen LogP contribution in [0.5, 0.6) is 0 Å². The second-order valence-corrected chi connectivity index (χ2v) is 4.15. The fourth-order valence-corrected chi connectivity index (χ4v) is 1.68. The van der Waals surface area contributed by atoms with Crippen LogP contribution in [-0.2, 0) is 4.79 Å². The van der Waals surface area contributed by atoms with E-state index in [-0.39, 0.29) is 18.4 Å². The number of rotatable bonds is 4. The SMILES string of the molecule is CNC(=O)CNC(=O)c1ccc(-c2ccccn2)cc1. The molecule has 2 N–H and O–H groups in total. The number of nitrogens with zero attached hydrogens (tertiary/aromatic N) is 1. The molecule has 0 atom stereocenters. The average molecular weight is 269 g/mol. The second kappa shape index (κ2) is 6.47. The molecule has 0 aliphatic heterocycles. The van der Waals surface area contributed by atoms with Gasteiger partial charge in [0.2, 0.25) is 5.91 Å². The molecule has 0 unspecified atom stereocenters. The number of amides is 2. The van der Waals surface area contributed by atoms with Crippen molar-refractivity contribution in [3.05, 3.63) is 54.2 Å². The van der Waals surface area contributed by atoms with Gasteiger partial charge in [-0.3, -0.25) is 14.6 Å². The first kappa shape index (κ1) is 13.7. The topological polar surface area (TPSA) is 71.1 Å². The van der Waals surface area contributed by atoms with E-state index in [9.17, 15) is 9.59 Å². The molecule has 0 aliphatic carbocycles. The Kier molecular flexibility index (Phi) is 4.44. The molecule has 0 radical (unpaired) electrons. The summed E-state index contributed by atoms with van der Waals surface area (Å²) in [7, 11) is 1.52. The van der Waals surface area contributed by atoms with Gasteiger partial charge in [0.05, 0.1) is 12.2 Å². The van der Waals surface area contributed by atoms with E-state index in [1.165, 1.54) is 7.05 Å². The Hall–Kier alpha value is -2.69. The minimum Gasteiger partial charge on any atom is -0.358 e. The smallest absolute Gasteiger partial charge is 0.251 e. The first-order valence-corrected chi connectivity index (χ1v) is 6.21. The van der Waals surface area contributed by atoms with E-state index < -0.39 is 0 Å². The van der Waals surface area contributed by atoms with Crippen LogP contribution in [0.3, 0.4) is 0 Å². The number of pyridine rings is 1. The average Bonchev–Trinajstić information content (AvgIpc) is 2.53. The van der Waals surface area contributed by atoms with Crippen LogP contribution >= 0.6 is 0 Å². The van der Waals surface area contributed by atoms with Gasteiger partial charge >= 0.3 is 0 Å². The number of likely N-dealkylation sites (N-methyl/N-ethyl adjacent to an activating group) is 1. The lowest BCUT2D eigenvalue weighted by atomic mass is 10.1. The predicted octanol–water partition coefficient (Wildman–Crippen LogP) is 1.22. The Morgan fingerprint density at radius 1 is 1.10 bits per heavy atom. The molecule has 0 spiro atoms. The van der Waals surface area contributed by atoms with Crippen molar-refractivity contribution in [3.63, 3.8) is 0 Å². The van der Waals surface area contributed by atoms with Crippen LogP contribution < -0.4 is 10.6 Å². The zero-order chi connectivity index (χ0) is 14.4. The second-order valence-electron chi connectivity index (χ2n) is 4.15. The van der Waals surface area contributed by atoms with Crippen LogP contribution in [0.15, 0.2) is 48.7 Å². The van der Waals surface area contributed by atoms with E-state index >= 15 is 0 Å². The summed E-state index contributed by atoms with van der Waals surface area (Å²) in [4.78, 5) is 27.1. The minimum absolute atomic E-state index is 0.0304. The monoisotopic (exact) mass is 269 g/mol. The Labute approximate surface area is 117 Å². The summed E-state index contributed by atoms with van der Waals surface area (Å²) in [5, 5.41) is 4.98. The molecule has 0 saturated heterocycles. The molecule has 2 amide bonds. The zero-order valence-electron chi connectivity index (χ0n) is 11.1. The largest absolute Gasteiger partial charge is 0.358 e. The normalized spacial score (nSPS) is 9.85. The Morgan fingerprint density at radius 3 is 2.45 bits per heavy atom. The number of benzene rings is 1. The van der Waals surface area contributed by atoms with Crippen LogP contribution in [0, 0.1) is 0 Å². The van der Waals surface area contributed by atoms with Crippen molar-refractivity contribution in [1.82, 2.24) is 15.6 Å². The third kappa shape index (κ3) is 3.41. The molecule has 5 nitrogen and oxygen atoms in total. The van der Waals surface area contributed by atoms with Crippen molar-refractivity contribution in [2.24, 2.45) is 0 Å². The lowest BCUT2D eigenvalue weighted by molar-refractivity contribution is -0.119. The lowest BCUT2D eigenvalue weighted by Crippen LogP contribution is -2.35. The summed E-state index contributed by atoms with van der Waals surface area (Å²) < 4.78 is 0. The fourth-order valence-electron chi connectivity index (χ4n) is 1.68. The fraction of sp³-hybridized carbons (Fsp3) is 0.133. The molecule has 0 fully saturated rings. The highest BCUT2D eigenvalue weighted by atomic mass is 16.2. The lowest BCUT2D eigenvalue weighted by Gasteiger charge is -2.05. The summed E-state index contributed by atoms with van der Waals surface area (Å²) in [5.74, 6) is -0.510. The highest BCUT2D eigenvalue weighted by molar-refractivity contribution is 5.96. The Morgan fingerprint density at radius 2 is 1.85 bits per heavy atom. The van der Waals surface area contributed by atoms with Crippen LogP contribution in [0.25, 0.3) is 11.3 Å². The van der Waals surface area contributed by atoms with Crippen molar-refractivity contribution in [2.45, 2.75) is 0 Å². The van der Waals surface area contributed by atoms with Crippen molar-refractivity contribution < 1.29 is 9.59 Å². The molecule has 20 heavy (non-hydrogen) atoms. The van der Waals surface area contributed by atoms with E-state index in [1.807, 2.05) is 30.3 Å². The van der Waals surface area contributed by atoms with Gasteiger partial charge in [-0.2, -0.15) is 0 Å². The van der Waals surface area contributed by atoms with E-state index in [1.54, 1.807) is 18.3 Å². The van der Waals surface area contributed by atoms with Crippen molar-refractivity contribution in [1.29, 1.82) is 0 Å². The van der Waals surface area contributed by atoms with Gasteiger partial charge in [0.15, 0.2) is 0 Å². The van der Waals surface area contributed by atoms with Gasteiger partial charge in [-0.25, -0.2) is 0 Å². The first-order valence-electron chi connectivity index (χ1n) is 6.21. The van der Waals surface area contributed by atoms with E-state index in [4.69, 9.17) is 0 Å². The maximum atomic E-state index is 11.8. The van der Waals surface area contributed by atoms with Gasteiger partial charge in [0.1, 0.15) is 0 Å². The maximum Gasteiger partial charge on any atom is 0.251 e. The van der Waals surface area contributed by atoms with Crippen LogP contribution in [-0.4, -0.2) is 30.4 Å². The molecule has 0 bridgehead atoms. The minimum atomic E-state index is -0.277. The number of carbonyl (C=O) groups excluding carboxylic acids is 2. The zero-order valence-corrected chi connectivity index (χ0v) is 11.1. The van der Waals surface area contributed by atoms with Crippen molar-refractivity contribution >= 4 is 11.8 Å². The predicted molar refractivity (Wildman–Crippen MR) is 76.1 cm³/mol. The standard InChI is InChI=1S/C15H15N3O2/c1-16-14(19)10-18-15(20)12-7-5-11(6-8-12)13-4-2-3-9-17-13/h2-9H,10H2,1H3,(H,16,19)(H,18,20). The van der Waals surface area contributed by atoms with Gasteiger partial charge < -0.3 is 10.6 Å². The highest BCUT2D eigenvalue weighted by Crippen LogP contribution is 2.16. The number of aromatic nitrogens is 1. The van der Waals surface area contributed by atoms with Gasteiger partial charge in [0.25, 0.3) is 5.91 Å². The molecule has 1 aromatic heterocycles. The molecule has 1 heterocycles. The molecule has 0 saturated carbocycles. The highest BCUT2D eigenvalue weighted by Gasteiger charge is 2.07. The molecular weight excluding hydrogens is 254 g/mol. The third-order valence-corrected chi connectivity index (χ3v) is 2.80. The van der Waals surface area contributed by atoms with Gasteiger partial charge in [-0.1, -0.05) is 18.2 Å². The number of nitrogens with one attached hydrogen (secondary N) is 2. The summed E-state index contributed by atoms with van der Waals surface area (Å²) in [6, 6.07) is 12.7. The number of carbonyl (C=O) groups is 2. The van der Waals surface area contributed by atoms with Crippen LogP contribution in [0.2, 0.25) is 0 Å². The number of hydrogen-bond acceptors (Lipinski definition) is 3. The van der Waals surface area contributed by atoms with Crippen molar-refractivity contribution in [3.8, 4) is 11.3 Å². The summed E-state index contributed by atoms with van der Waals surface area (Å²) in [6.45, 7) is -0.0304. The van der Waals surface area contributed by atoms with E-state index in [0.717, 1.165) is 11.3 Å². The van der Waals surface area contributed by atoms with E-state index in [2.05, 4.69) is 15.6 Å². The van der Waals surface area contributed by atoms with Gasteiger partial charge in [0, 0.05) is 24.4 Å². The Balaban J connectivity index is 2.05. The molecule has 2 aromatic rings. The molecule has 0 aliphatic rings. The molecule has 102 valence electrons. The van der Waals surface area contributed by atoms with Crippen LogP contribution in [0.1, 0.15) is 10.4 Å². The molecule has 5 heteroatoms. The quantitative estimate of drug-likeness (QED) is 0.876. The summed E-state index contributed by atoms with van der Waals surface area (Å²) in [6.07, 6.45) is 1.72. The van der Waals surface area contributed by atoms with Crippen LogP contribution in [0.4, 0.5) is 0 Å². The van der Waals surface area contributed by atoms with E-state index in [0.29, 0.717) is 5.56 Å². The first-order chi connectivity index (χ1) is 9.70. The summed E-state index contributed by atoms with van der Waals surface area (Å²) >= 11 is 0. The summed E-state index contributed by atoms with van der Waals surface area (Å²) in [5.41, 5.74) is 2.30. The molecular formula is C15H15N3O2. The van der Waals surface area contributed by atoms with Gasteiger partial charge in [-0.15, -0.1) is 0 Å². The Bertz CT molecular complexity index is 594. The molecule has 1 aromatic carbocycles. The number of hydrogen-bond donors (Lipinski definition) is 2. The maximum absolute atomic E-state index is 11.8. The van der Waals surface area contributed by atoms with Gasteiger partial charge in [-0.05, 0) is 24.3 Å². The van der Waals surface area contributed by atoms with Crippen molar-refractivity contribution in [2.75, 3.05) is 13.6 Å². The third-order valence-electron chi connectivity index (χ3n) is 2.80. The molecule has 2 rings (SSSR count).